The maximum Gasteiger partial charge on any atom is 0.306 e. The second kappa shape index (κ2) is 70.4. The Morgan fingerprint density at radius 1 is 0.235 bits per heavy atom. The van der Waals surface area contributed by atoms with Crippen LogP contribution >= 0.6 is 0 Å². The van der Waals surface area contributed by atoms with E-state index >= 15 is 0 Å². The van der Waals surface area contributed by atoms with E-state index in [1.807, 2.05) is 0 Å². The minimum absolute atomic E-state index is 0.0703. The highest BCUT2D eigenvalue weighted by molar-refractivity contribution is 5.71. The molecule has 1 unspecified atom stereocenters. The summed E-state index contributed by atoms with van der Waals surface area (Å²) in [7, 11) is 0. The summed E-state index contributed by atoms with van der Waals surface area (Å²) in [5.41, 5.74) is 0. The first-order chi connectivity index (χ1) is 40.0. The van der Waals surface area contributed by atoms with E-state index in [-0.39, 0.29) is 31.1 Å². The lowest BCUT2D eigenvalue weighted by Crippen LogP contribution is -2.30. The fraction of sp³-hybridized carbons (Fsp3) is 0.907. The zero-order valence-electron chi connectivity index (χ0n) is 55.1. The summed E-state index contributed by atoms with van der Waals surface area (Å²) in [6.45, 7) is 6.71. The number of carbonyl (C=O) groups is 3. The van der Waals surface area contributed by atoms with Gasteiger partial charge in [0, 0.05) is 19.3 Å². The van der Waals surface area contributed by atoms with Crippen LogP contribution < -0.4 is 0 Å². The average Bonchev–Trinajstić information content (AvgIpc) is 3.47. The van der Waals surface area contributed by atoms with Crippen molar-refractivity contribution in [2.24, 2.45) is 0 Å². The molecule has 6 heteroatoms. The fourth-order valence-corrected chi connectivity index (χ4v) is 11.4. The third-order valence-corrected chi connectivity index (χ3v) is 16.9. The van der Waals surface area contributed by atoms with Gasteiger partial charge >= 0.3 is 17.9 Å². The van der Waals surface area contributed by atoms with Gasteiger partial charge in [-0.2, -0.15) is 0 Å². The Hall–Kier alpha value is -2.11. The van der Waals surface area contributed by atoms with E-state index in [0.29, 0.717) is 19.3 Å². The van der Waals surface area contributed by atoms with Crippen LogP contribution in [0.1, 0.15) is 419 Å². The first-order valence-electron chi connectivity index (χ1n) is 36.8. The van der Waals surface area contributed by atoms with Crippen molar-refractivity contribution >= 4 is 17.9 Å². The number of hydrogen-bond donors (Lipinski definition) is 0. The number of allylic oxidation sites excluding steroid dienone is 4. The number of hydrogen-bond acceptors (Lipinski definition) is 6. The molecule has 0 aromatic heterocycles. The van der Waals surface area contributed by atoms with Crippen molar-refractivity contribution in [2.45, 2.75) is 425 Å². The Balaban J connectivity index is 4.18. The summed E-state index contributed by atoms with van der Waals surface area (Å²) < 4.78 is 17.0. The normalized spacial score (nSPS) is 12.1. The van der Waals surface area contributed by atoms with Crippen LogP contribution in [0.2, 0.25) is 0 Å². The van der Waals surface area contributed by atoms with Crippen molar-refractivity contribution < 1.29 is 28.6 Å². The van der Waals surface area contributed by atoms with E-state index in [2.05, 4.69) is 45.1 Å². The van der Waals surface area contributed by atoms with Crippen molar-refractivity contribution in [3.05, 3.63) is 24.3 Å². The monoisotopic (exact) mass is 1140 g/mol. The lowest BCUT2D eigenvalue weighted by atomic mass is 10.0. The summed E-state index contributed by atoms with van der Waals surface area (Å²) in [5, 5.41) is 0. The van der Waals surface area contributed by atoms with Crippen LogP contribution in [0.5, 0.6) is 0 Å². The largest absolute Gasteiger partial charge is 0.462 e. The lowest BCUT2D eigenvalue weighted by molar-refractivity contribution is -0.167. The molecule has 0 rings (SSSR count). The molecule has 0 aliphatic rings. The number of carbonyl (C=O) groups excluding carboxylic acids is 3. The van der Waals surface area contributed by atoms with Crippen LogP contribution in [-0.4, -0.2) is 37.2 Å². The Labute approximate surface area is 506 Å². The van der Waals surface area contributed by atoms with Gasteiger partial charge in [0.15, 0.2) is 6.10 Å². The lowest BCUT2D eigenvalue weighted by Gasteiger charge is -2.18. The highest BCUT2D eigenvalue weighted by Crippen LogP contribution is 2.19. The van der Waals surface area contributed by atoms with Crippen molar-refractivity contribution in [3.63, 3.8) is 0 Å². The maximum atomic E-state index is 12.9. The first kappa shape index (κ1) is 78.9. The molecule has 6 nitrogen and oxygen atoms in total. The molecule has 0 saturated heterocycles. The summed E-state index contributed by atoms with van der Waals surface area (Å²) in [4.78, 5) is 38.4. The molecule has 0 heterocycles. The van der Waals surface area contributed by atoms with Crippen molar-refractivity contribution in [3.8, 4) is 0 Å². The SMILES string of the molecule is CCCCCCCC/C=C\CCCCCCCCCC(=O)OC(COC(=O)CCCCCCC/C=C\CCCCCCCCC)COC(=O)CCCCCCCCCCCCCCCCCCCCCCCCCCCCCCCC. The van der Waals surface area contributed by atoms with E-state index < -0.39 is 6.10 Å². The zero-order chi connectivity index (χ0) is 58.5. The molecule has 0 spiro atoms. The predicted molar refractivity (Wildman–Crippen MR) is 353 cm³/mol. The van der Waals surface area contributed by atoms with Gasteiger partial charge in [-0.25, -0.2) is 0 Å². The molecule has 0 saturated carbocycles. The predicted octanol–water partition coefficient (Wildman–Crippen LogP) is 25.3. The fourth-order valence-electron chi connectivity index (χ4n) is 11.4. The van der Waals surface area contributed by atoms with Crippen molar-refractivity contribution in [2.75, 3.05) is 13.2 Å². The maximum absolute atomic E-state index is 12.9. The third kappa shape index (κ3) is 68.6. The van der Waals surface area contributed by atoms with Crippen molar-refractivity contribution in [1.82, 2.24) is 0 Å². The smallest absolute Gasteiger partial charge is 0.306 e. The molecule has 0 aromatic rings. The van der Waals surface area contributed by atoms with Gasteiger partial charge in [-0.05, 0) is 70.6 Å². The molecule has 0 aromatic carbocycles. The van der Waals surface area contributed by atoms with Gasteiger partial charge < -0.3 is 14.2 Å². The Kier molecular flexibility index (Phi) is 68.5. The number of ether oxygens (including phenoxy) is 3. The molecule has 0 fully saturated rings. The minimum Gasteiger partial charge on any atom is -0.462 e. The van der Waals surface area contributed by atoms with Crippen LogP contribution in [0.15, 0.2) is 24.3 Å². The van der Waals surface area contributed by atoms with Gasteiger partial charge in [-0.1, -0.05) is 353 Å². The summed E-state index contributed by atoms with van der Waals surface area (Å²) in [6.07, 6.45) is 86.5. The standard InChI is InChI=1S/C75H142O6/c1-4-7-10-13-16-19-22-25-28-31-32-33-34-35-36-37-38-39-40-41-42-43-45-47-50-53-56-59-62-65-68-74(77)80-71-72(70-79-73(76)67-64-61-58-55-52-49-46-30-27-24-21-18-15-12-9-6-3)81-75(78)69-66-63-60-57-54-51-48-44-29-26-23-20-17-14-11-8-5-2/h26,29-30,46,72H,4-25,27-28,31-45,47-71H2,1-3H3/b29-26-,46-30-. The quantitative estimate of drug-likeness (QED) is 0.0261. The van der Waals surface area contributed by atoms with E-state index in [0.717, 1.165) is 64.2 Å². The minimum atomic E-state index is -0.775. The third-order valence-electron chi connectivity index (χ3n) is 16.9. The molecule has 0 amide bonds. The van der Waals surface area contributed by atoms with E-state index in [1.54, 1.807) is 0 Å². The molecule has 81 heavy (non-hydrogen) atoms. The van der Waals surface area contributed by atoms with E-state index in [1.165, 1.54) is 315 Å². The zero-order valence-corrected chi connectivity index (χ0v) is 55.1. The molecule has 0 aliphatic carbocycles. The highest BCUT2D eigenvalue weighted by Gasteiger charge is 2.19. The number of rotatable bonds is 69. The topological polar surface area (TPSA) is 78.9 Å². The first-order valence-corrected chi connectivity index (χ1v) is 36.8. The van der Waals surface area contributed by atoms with E-state index in [9.17, 15) is 14.4 Å². The molecule has 0 aliphatic heterocycles. The molecule has 1 atom stereocenters. The van der Waals surface area contributed by atoms with Gasteiger partial charge in [0.25, 0.3) is 0 Å². The van der Waals surface area contributed by atoms with Crippen LogP contribution in [0.25, 0.3) is 0 Å². The molecule has 0 radical (unpaired) electrons. The average molecular weight is 1140 g/mol. The summed E-state index contributed by atoms with van der Waals surface area (Å²) in [5.74, 6) is -0.852. The van der Waals surface area contributed by atoms with Gasteiger partial charge in [0.1, 0.15) is 13.2 Å². The Morgan fingerprint density at radius 3 is 0.617 bits per heavy atom. The van der Waals surface area contributed by atoms with Gasteiger partial charge in [-0.3, -0.25) is 14.4 Å². The molecule has 0 N–H and O–H groups in total. The Morgan fingerprint density at radius 2 is 0.407 bits per heavy atom. The summed E-state index contributed by atoms with van der Waals surface area (Å²) >= 11 is 0. The molecule has 0 bridgehead atoms. The second-order valence-electron chi connectivity index (χ2n) is 25.2. The highest BCUT2D eigenvalue weighted by atomic mass is 16.6. The van der Waals surface area contributed by atoms with Crippen LogP contribution in [0, 0.1) is 0 Å². The van der Waals surface area contributed by atoms with E-state index in [4.69, 9.17) is 14.2 Å². The van der Waals surface area contributed by atoms with Crippen LogP contribution in [0.3, 0.4) is 0 Å². The van der Waals surface area contributed by atoms with Gasteiger partial charge in [0.2, 0.25) is 0 Å². The van der Waals surface area contributed by atoms with Crippen LogP contribution in [-0.2, 0) is 28.6 Å². The number of unbranched alkanes of at least 4 members (excludes halogenated alkanes) is 54. The van der Waals surface area contributed by atoms with Crippen LogP contribution in [0.4, 0.5) is 0 Å². The summed E-state index contributed by atoms with van der Waals surface area (Å²) in [6, 6.07) is 0. The van der Waals surface area contributed by atoms with Gasteiger partial charge in [-0.15, -0.1) is 0 Å². The molecular formula is C75H142O6. The van der Waals surface area contributed by atoms with Gasteiger partial charge in [0.05, 0.1) is 0 Å². The van der Waals surface area contributed by atoms with Crippen molar-refractivity contribution in [1.29, 1.82) is 0 Å². The molecule has 478 valence electrons. The number of esters is 3. The second-order valence-corrected chi connectivity index (χ2v) is 25.2. The molecular weight excluding hydrogens is 997 g/mol. The Bertz CT molecular complexity index is 1310.